The number of carbonyl (C=O) groups is 1. The van der Waals surface area contributed by atoms with Crippen LogP contribution in [0.15, 0.2) is 30.5 Å². The maximum atomic E-state index is 12.6. The fourth-order valence-electron chi connectivity index (χ4n) is 3.80. The van der Waals surface area contributed by atoms with Gasteiger partial charge in [0.15, 0.2) is 0 Å². The molecule has 132 valence electrons. The molecule has 1 aromatic heterocycles. The molecule has 0 radical (unpaired) electrons. The summed E-state index contributed by atoms with van der Waals surface area (Å²) >= 11 is 0. The van der Waals surface area contributed by atoms with Crippen molar-refractivity contribution in [1.29, 1.82) is 0 Å². The van der Waals surface area contributed by atoms with Crippen molar-refractivity contribution in [2.75, 3.05) is 50.1 Å². The Hall–Kier alpha value is -2.18. The van der Waals surface area contributed by atoms with E-state index in [4.69, 9.17) is 4.74 Å². The minimum atomic E-state index is -0.0438. The van der Waals surface area contributed by atoms with Crippen LogP contribution in [0.4, 0.5) is 11.4 Å². The fourth-order valence-corrected chi connectivity index (χ4v) is 3.80. The second-order valence-electron chi connectivity index (χ2n) is 6.76. The number of pyridine rings is 1. The number of likely N-dealkylation sites (N-methyl/N-ethyl adjacent to an activating group) is 1. The third kappa shape index (κ3) is 3.19. The van der Waals surface area contributed by atoms with E-state index in [-0.39, 0.29) is 11.9 Å². The number of amides is 1. The Kier molecular flexibility index (Phi) is 4.55. The Morgan fingerprint density at radius 1 is 1.24 bits per heavy atom. The van der Waals surface area contributed by atoms with E-state index in [1.54, 1.807) is 6.20 Å². The van der Waals surface area contributed by atoms with Gasteiger partial charge in [-0.3, -0.25) is 14.7 Å². The van der Waals surface area contributed by atoms with Crippen molar-refractivity contribution >= 4 is 28.2 Å². The van der Waals surface area contributed by atoms with Crippen molar-refractivity contribution in [3.63, 3.8) is 0 Å². The van der Waals surface area contributed by atoms with Crippen molar-refractivity contribution in [2.24, 2.45) is 0 Å². The number of anilines is 2. The van der Waals surface area contributed by atoms with Gasteiger partial charge in [-0.25, -0.2) is 0 Å². The Morgan fingerprint density at radius 2 is 2.08 bits per heavy atom. The maximum Gasteiger partial charge on any atom is 0.241 e. The molecule has 0 unspecified atom stereocenters. The van der Waals surface area contributed by atoms with E-state index < -0.39 is 0 Å². The van der Waals surface area contributed by atoms with Crippen molar-refractivity contribution in [1.82, 2.24) is 9.88 Å². The summed E-state index contributed by atoms with van der Waals surface area (Å²) in [7, 11) is 2.01. The van der Waals surface area contributed by atoms with Gasteiger partial charge < -0.3 is 15.0 Å². The fraction of sp³-hybridized carbons (Fsp3) is 0.474. The zero-order valence-corrected chi connectivity index (χ0v) is 14.6. The summed E-state index contributed by atoms with van der Waals surface area (Å²) in [5.74, 6) is 0.0612. The van der Waals surface area contributed by atoms with Gasteiger partial charge in [-0.15, -0.1) is 0 Å². The van der Waals surface area contributed by atoms with Crippen LogP contribution < -0.4 is 10.2 Å². The zero-order chi connectivity index (χ0) is 17.2. The van der Waals surface area contributed by atoms with Gasteiger partial charge in [0.25, 0.3) is 0 Å². The number of benzene rings is 1. The van der Waals surface area contributed by atoms with Crippen molar-refractivity contribution in [3.8, 4) is 0 Å². The third-order valence-electron chi connectivity index (χ3n) is 5.18. The molecule has 1 amide bonds. The van der Waals surface area contributed by atoms with Gasteiger partial charge in [0.05, 0.1) is 30.5 Å². The number of likely N-dealkylation sites (tertiary alicyclic amines) is 1. The van der Waals surface area contributed by atoms with Crippen LogP contribution in [0.3, 0.4) is 0 Å². The van der Waals surface area contributed by atoms with Crippen molar-refractivity contribution in [2.45, 2.75) is 18.9 Å². The minimum absolute atomic E-state index is 0.0438. The minimum Gasteiger partial charge on any atom is -0.378 e. The predicted molar refractivity (Wildman–Crippen MR) is 99.1 cm³/mol. The molecule has 0 saturated carbocycles. The predicted octanol–water partition coefficient (Wildman–Crippen LogP) is 2.10. The number of nitrogens with zero attached hydrogens (tertiary/aromatic N) is 3. The van der Waals surface area contributed by atoms with Crippen LogP contribution in [0.5, 0.6) is 0 Å². The molecule has 0 bridgehead atoms. The highest BCUT2D eigenvalue weighted by Gasteiger charge is 2.28. The van der Waals surface area contributed by atoms with Gasteiger partial charge in [-0.2, -0.15) is 0 Å². The molecular weight excluding hydrogens is 316 g/mol. The number of rotatable bonds is 3. The molecule has 3 heterocycles. The highest BCUT2D eigenvalue weighted by atomic mass is 16.5. The van der Waals surface area contributed by atoms with Crippen LogP contribution in [0.25, 0.3) is 10.9 Å². The van der Waals surface area contributed by atoms with E-state index in [1.165, 1.54) is 0 Å². The number of morpholine rings is 1. The standard InChI is InChI=1S/C19H24N4O2/c1-22-9-3-5-17(22)19(24)21-15-6-7-16(23-10-12-25-13-11-23)14-4-2-8-20-18(14)15/h2,4,6-8,17H,3,5,9-13H2,1H3,(H,21,24)/t17-/m0/s1. The van der Waals surface area contributed by atoms with E-state index in [9.17, 15) is 4.79 Å². The van der Waals surface area contributed by atoms with Crippen LogP contribution in [-0.2, 0) is 9.53 Å². The average Bonchev–Trinajstić information content (AvgIpc) is 3.09. The molecule has 2 aliphatic heterocycles. The summed E-state index contributed by atoms with van der Waals surface area (Å²) in [4.78, 5) is 21.6. The second kappa shape index (κ2) is 6.98. The smallest absolute Gasteiger partial charge is 0.241 e. The average molecular weight is 340 g/mol. The molecule has 1 N–H and O–H groups in total. The number of hydrogen-bond donors (Lipinski definition) is 1. The summed E-state index contributed by atoms with van der Waals surface area (Å²) in [6, 6.07) is 8.04. The number of fused-ring (bicyclic) bond motifs is 1. The first-order valence-electron chi connectivity index (χ1n) is 8.95. The quantitative estimate of drug-likeness (QED) is 0.927. The lowest BCUT2D eigenvalue weighted by Crippen LogP contribution is -2.37. The van der Waals surface area contributed by atoms with Crippen molar-refractivity contribution in [3.05, 3.63) is 30.5 Å². The lowest BCUT2D eigenvalue weighted by atomic mass is 10.1. The Balaban J connectivity index is 1.65. The molecule has 0 aliphatic carbocycles. The van der Waals surface area contributed by atoms with Crippen LogP contribution in [0, 0.1) is 0 Å². The molecule has 2 saturated heterocycles. The van der Waals surface area contributed by atoms with Crippen LogP contribution in [0.1, 0.15) is 12.8 Å². The van der Waals surface area contributed by atoms with Gasteiger partial charge in [0.2, 0.25) is 5.91 Å². The van der Waals surface area contributed by atoms with Gasteiger partial charge in [-0.05, 0) is 50.7 Å². The van der Waals surface area contributed by atoms with E-state index >= 15 is 0 Å². The molecule has 2 aliphatic rings. The molecule has 6 nitrogen and oxygen atoms in total. The summed E-state index contributed by atoms with van der Waals surface area (Å²) in [5.41, 5.74) is 2.79. The molecule has 2 fully saturated rings. The number of nitrogens with one attached hydrogen (secondary N) is 1. The molecule has 2 aromatic rings. The van der Waals surface area contributed by atoms with Crippen molar-refractivity contribution < 1.29 is 9.53 Å². The largest absolute Gasteiger partial charge is 0.378 e. The SMILES string of the molecule is CN1CCC[C@H]1C(=O)Nc1ccc(N2CCOCC2)c2cccnc12. The van der Waals surface area contributed by atoms with E-state index in [0.29, 0.717) is 0 Å². The highest BCUT2D eigenvalue weighted by molar-refractivity contribution is 6.06. The Bertz CT molecular complexity index is 773. The maximum absolute atomic E-state index is 12.6. The number of ether oxygens (including phenoxy) is 1. The normalized spacial score (nSPS) is 21.6. The van der Waals surface area contributed by atoms with E-state index in [2.05, 4.69) is 32.2 Å². The highest BCUT2D eigenvalue weighted by Crippen LogP contribution is 2.32. The first kappa shape index (κ1) is 16.3. The van der Waals surface area contributed by atoms with E-state index in [1.807, 2.05) is 19.2 Å². The molecule has 1 atom stereocenters. The summed E-state index contributed by atoms with van der Waals surface area (Å²) < 4.78 is 5.46. The first-order chi connectivity index (χ1) is 12.2. The van der Waals surface area contributed by atoms with Gasteiger partial charge >= 0.3 is 0 Å². The summed E-state index contributed by atoms with van der Waals surface area (Å²) in [6.45, 7) is 4.22. The third-order valence-corrected chi connectivity index (χ3v) is 5.18. The number of carbonyl (C=O) groups excluding carboxylic acids is 1. The van der Waals surface area contributed by atoms with Gasteiger partial charge in [0.1, 0.15) is 0 Å². The molecule has 4 rings (SSSR count). The molecule has 0 spiro atoms. The number of aromatic nitrogens is 1. The Morgan fingerprint density at radius 3 is 2.84 bits per heavy atom. The number of hydrogen-bond acceptors (Lipinski definition) is 5. The lowest BCUT2D eigenvalue weighted by Gasteiger charge is -2.30. The van der Waals surface area contributed by atoms with Crippen LogP contribution in [0.2, 0.25) is 0 Å². The molecule has 6 heteroatoms. The molecule has 25 heavy (non-hydrogen) atoms. The van der Waals surface area contributed by atoms with Gasteiger partial charge in [0, 0.05) is 30.4 Å². The van der Waals surface area contributed by atoms with E-state index in [0.717, 1.165) is 68.0 Å². The molecule has 1 aromatic carbocycles. The monoisotopic (exact) mass is 340 g/mol. The van der Waals surface area contributed by atoms with Gasteiger partial charge in [-0.1, -0.05) is 0 Å². The zero-order valence-electron chi connectivity index (χ0n) is 14.6. The molecular formula is C19H24N4O2. The topological polar surface area (TPSA) is 57.7 Å². The van der Waals surface area contributed by atoms with Crippen LogP contribution in [-0.4, -0.2) is 61.7 Å². The Labute approximate surface area is 147 Å². The van der Waals surface area contributed by atoms with Crippen LogP contribution >= 0.6 is 0 Å². The summed E-state index contributed by atoms with van der Waals surface area (Å²) in [6.07, 6.45) is 3.77. The second-order valence-corrected chi connectivity index (χ2v) is 6.76. The lowest BCUT2D eigenvalue weighted by molar-refractivity contribution is -0.119. The summed E-state index contributed by atoms with van der Waals surface area (Å²) in [5, 5.41) is 4.17. The first-order valence-corrected chi connectivity index (χ1v) is 8.95.